The number of piperidine rings is 1. The molecule has 9 heteroatoms. The molecular formula is C31H41N7O2. The van der Waals surface area contributed by atoms with E-state index < -0.39 is 0 Å². The van der Waals surface area contributed by atoms with E-state index in [-0.39, 0.29) is 11.6 Å². The van der Waals surface area contributed by atoms with E-state index in [2.05, 4.69) is 44.8 Å². The maximum Gasteiger partial charge on any atom is 0.318 e. The molecule has 2 bridgehead atoms. The predicted octanol–water partition coefficient (Wildman–Crippen LogP) is 3.75. The van der Waals surface area contributed by atoms with Crippen molar-refractivity contribution in [3.8, 4) is 6.01 Å². The zero-order valence-electron chi connectivity index (χ0n) is 23.8. The zero-order valence-corrected chi connectivity index (χ0v) is 23.8. The van der Waals surface area contributed by atoms with Gasteiger partial charge in [0.15, 0.2) is 0 Å². The van der Waals surface area contributed by atoms with Gasteiger partial charge >= 0.3 is 6.01 Å². The third kappa shape index (κ3) is 3.91. The number of H-pyrrole nitrogens is 1. The van der Waals surface area contributed by atoms with E-state index in [1.807, 2.05) is 6.20 Å². The number of aliphatic hydroxyl groups is 1. The summed E-state index contributed by atoms with van der Waals surface area (Å²) in [6.07, 6.45) is 9.64. The van der Waals surface area contributed by atoms with Crippen LogP contribution >= 0.6 is 0 Å². The van der Waals surface area contributed by atoms with Crippen LogP contribution in [0, 0.1) is 25.7 Å². The standard InChI is InChI=1S/C31H41N7O2/c1-19-11-25-24(14-32-35-25)28(20(19)2)36-10-5-23-26(17-36)33-30(40-18-31-6-3-8-38(31)9-4-7-31)34-29(23)37-15-21-12-22(16-37)27(39)13-21/h11,14,21-22,27,39H,3-10,12-13,15-18H2,1-2H3,(H,32,35). The van der Waals surface area contributed by atoms with E-state index in [9.17, 15) is 5.11 Å². The Morgan fingerprint density at radius 1 is 1.07 bits per heavy atom. The number of anilines is 2. The molecular weight excluding hydrogens is 502 g/mol. The van der Waals surface area contributed by atoms with Gasteiger partial charge in [0.1, 0.15) is 12.4 Å². The van der Waals surface area contributed by atoms with Gasteiger partial charge in [0.2, 0.25) is 0 Å². The van der Waals surface area contributed by atoms with E-state index in [0.29, 0.717) is 24.5 Å². The molecule has 1 aromatic carbocycles. The monoisotopic (exact) mass is 543 g/mol. The first-order valence-electron chi connectivity index (χ1n) is 15.4. The van der Waals surface area contributed by atoms with Crippen LogP contribution in [0.2, 0.25) is 0 Å². The lowest BCUT2D eigenvalue weighted by Gasteiger charge is -2.38. The maximum atomic E-state index is 10.6. The Morgan fingerprint density at radius 3 is 2.75 bits per heavy atom. The fraction of sp³-hybridized carbons (Fsp3) is 0.645. The first-order valence-corrected chi connectivity index (χ1v) is 15.4. The smallest absolute Gasteiger partial charge is 0.318 e. The van der Waals surface area contributed by atoms with Crippen molar-refractivity contribution in [2.24, 2.45) is 11.8 Å². The summed E-state index contributed by atoms with van der Waals surface area (Å²) in [5.41, 5.74) is 7.39. The van der Waals surface area contributed by atoms with Crippen LogP contribution in [0.4, 0.5) is 11.5 Å². The van der Waals surface area contributed by atoms with Crippen LogP contribution in [0.15, 0.2) is 12.3 Å². The summed E-state index contributed by atoms with van der Waals surface area (Å²) in [7, 11) is 0. The van der Waals surface area contributed by atoms with Gasteiger partial charge in [0.25, 0.3) is 0 Å². The third-order valence-corrected chi connectivity index (χ3v) is 10.8. The van der Waals surface area contributed by atoms with Crippen molar-refractivity contribution >= 4 is 22.4 Å². The summed E-state index contributed by atoms with van der Waals surface area (Å²) >= 11 is 0. The minimum atomic E-state index is -0.185. The lowest BCUT2D eigenvalue weighted by Crippen LogP contribution is -2.44. The lowest BCUT2D eigenvalue weighted by molar-refractivity contribution is 0.107. The second kappa shape index (κ2) is 9.31. The molecule has 6 heterocycles. The van der Waals surface area contributed by atoms with Crippen molar-refractivity contribution in [1.29, 1.82) is 0 Å². The topological polar surface area (TPSA) is 93.6 Å². The van der Waals surface area contributed by atoms with Gasteiger partial charge in [0.05, 0.1) is 41.3 Å². The molecule has 4 aliphatic heterocycles. The molecule has 2 aromatic heterocycles. The van der Waals surface area contributed by atoms with Crippen LogP contribution in [0.1, 0.15) is 60.9 Å². The van der Waals surface area contributed by atoms with Crippen molar-refractivity contribution in [3.63, 3.8) is 0 Å². The van der Waals surface area contributed by atoms with E-state index >= 15 is 0 Å². The number of nitrogens with one attached hydrogen (secondary N) is 1. The Balaban J connectivity index is 1.15. The Kier molecular flexibility index (Phi) is 5.78. The molecule has 212 valence electrons. The van der Waals surface area contributed by atoms with Gasteiger partial charge in [-0.2, -0.15) is 15.1 Å². The molecule has 0 spiro atoms. The Morgan fingerprint density at radius 2 is 1.93 bits per heavy atom. The number of ether oxygens (including phenoxy) is 1. The SMILES string of the molecule is Cc1cc2[nH]ncc2c(N2CCc3c(nc(OCC45CCCN4CCC5)nc3N3CC4CC(O)C(C4)C3)C2)c1C. The van der Waals surface area contributed by atoms with E-state index in [4.69, 9.17) is 14.7 Å². The van der Waals surface area contributed by atoms with Crippen molar-refractivity contribution in [2.45, 2.75) is 77.0 Å². The highest BCUT2D eigenvalue weighted by Gasteiger charge is 2.45. The molecule has 40 heavy (non-hydrogen) atoms. The average Bonchev–Trinajstić information content (AvgIpc) is 3.71. The number of aryl methyl sites for hydroxylation is 1. The van der Waals surface area contributed by atoms with Crippen LogP contribution in [0.3, 0.4) is 0 Å². The van der Waals surface area contributed by atoms with Crippen molar-refractivity contribution in [2.75, 3.05) is 49.1 Å². The van der Waals surface area contributed by atoms with Gasteiger partial charge in [-0.05, 0) is 95.0 Å². The molecule has 1 saturated carbocycles. The number of benzene rings is 1. The molecule has 3 saturated heterocycles. The fourth-order valence-electron chi connectivity index (χ4n) is 8.68. The van der Waals surface area contributed by atoms with E-state index in [1.54, 1.807) is 0 Å². The number of aliphatic hydroxyl groups excluding tert-OH is 1. The number of fused-ring (bicyclic) bond motifs is 5. The zero-order chi connectivity index (χ0) is 27.0. The maximum absolute atomic E-state index is 10.6. The average molecular weight is 544 g/mol. The Bertz CT molecular complexity index is 1440. The molecule has 9 nitrogen and oxygen atoms in total. The van der Waals surface area contributed by atoms with Crippen LogP contribution in [-0.4, -0.2) is 81.1 Å². The molecule has 3 aromatic rings. The normalized spacial score (nSPS) is 27.4. The van der Waals surface area contributed by atoms with Crippen LogP contribution in [0.5, 0.6) is 6.01 Å². The lowest BCUT2D eigenvalue weighted by atomic mass is 9.95. The molecule has 1 aliphatic carbocycles. The van der Waals surface area contributed by atoms with Crippen molar-refractivity contribution < 1.29 is 9.84 Å². The Labute approximate surface area is 235 Å². The number of aromatic amines is 1. The summed E-state index contributed by atoms with van der Waals surface area (Å²) in [4.78, 5) is 17.8. The summed E-state index contributed by atoms with van der Waals surface area (Å²) in [6, 6.07) is 2.72. The summed E-state index contributed by atoms with van der Waals surface area (Å²) < 4.78 is 6.55. The van der Waals surface area contributed by atoms with Gasteiger partial charge in [-0.15, -0.1) is 0 Å². The molecule has 4 fully saturated rings. The summed E-state index contributed by atoms with van der Waals surface area (Å²) in [5.74, 6) is 1.92. The van der Waals surface area contributed by atoms with Crippen LogP contribution < -0.4 is 14.5 Å². The summed E-state index contributed by atoms with van der Waals surface area (Å²) in [5, 5.41) is 19.3. The summed E-state index contributed by atoms with van der Waals surface area (Å²) in [6.45, 7) is 10.9. The highest BCUT2D eigenvalue weighted by atomic mass is 16.5. The van der Waals surface area contributed by atoms with Gasteiger partial charge in [-0.25, -0.2) is 0 Å². The van der Waals surface area contributed by atoms with Crippen molar-refractivity contribution in [3.05, 3.63) is 34.6 Å². The highest BCUT2D eigenvalue weighted by Crippen LogP contribution is 2.42. The molecule has 0 amide bonds. The predicted molar refractivity (Wildman–Crippen MR) is 155 cm³/mol. The molecule has 3 unspecified atom stereocenters. The highest BCUT2D eigenvalue weighted by molar-refractivity contribution is 5.94. The first-order chi connectivity index (χ1) is 19.5. The van der Waals surface area contributed by atoms with Crippen LogP contribution in [-0.2, 0) is 13.0 Å². The fourth-order valence-corrected chi connectivity index (χ4v) is 8.68. The number of aromatic nitrogens is 4. The molecule has 0 radical (unpaired) electrons. The van der Waals surface area contributed by atoms with E-state index in [1.165, 1.54) is 66.5 Å². The first kappa shape index (κ1) is 24.9. The second-order valence-corrected chi connectivity index (χ2v) is 13.2. The molecule has 3 atom stereocenters. The minimum Gasteiger partial charge on any atom is -0.461 e. The van der Waals surface area contributed by atoms with Crippen LogP contribution in [0.25, 0.3) is 10.9 Å². The number of nitrogens with zero attached hydrogens (tertiary/aromatic N) is 6. The molecule has 8 rings (SSSR count). The van der Waals surface area contributed by atoms with Gasteiger partial charge in [-0.3, -0.25) is 10.00 Å². The number of rotatable bonds is 5. The van der Waals surface area contributed by atoms with Gasteiger partial charge in [-0.1, -0.05) is 0 Å². The van der Waals surface area contributed by atoms with Gasteiger partial charge in [0, 0.05) is 36.5 Å². The van der Waals surface area contributed by atoms with Gasteiger partial charge < -0.3 is 19.6 Å². The number of hydrogen-bond donors (Lipinski definition) is 2. The third-order valence-electron chi connectivity index (χ3n) is 10.8. The molecule has 2 N–H and O–H groups in total. The minimum absolute atomic E-state index is 0.158. The quantitative estimate of drug-likeness (QED) is 0.503. The van der Waals surface area contributed by atoms with E-state index in [0.717, 1.165) is 62.5 Å². The number of hydrogen-bond acceptors (Lipinski definition) is 8. The largest absolute Gasteiger partial charge is 0.461 e. The van der Waals surface area contributed by atoms with Crippen molar-refractivity contribution in [1.82, 2.24) is 25.1 Å². The molecule has 5 aliphatic rings. The Hall–Kier alpha value is -2.91. The second-order valence-electron chi connectivity index (χ2n) is 13.2.